The number of amides is 2. The van der Waals surface area contributed by atoms with Gasteiger partial charge in [-0.3, -0.25) is 13.9 Å². The molecule has 2 amide bonds. The summed E-state index contributed by atoms with van der Waals surface area (Å²) in [6, 6.07) is 14.9. The van der Waals surface area contributed by atoms with E-state index in [4.69, 9.17) is 4.74 Å². The van der Waals surface area contributed by atoms with Gasteiger partial charge in [-0.1, -0.05) is 30.3 Å². The number of benzene rings is 2. The minimum Gasteiger partial charge on any atom is -0.497 e. The normalized spacial score (nSPS) is 12.0. The van der Waals surface area contributed by atoms with Crippen LogP contribution in [0, 0.1) is 0 Å². The first-order valence-corrected chi connectivity index (χ1v) is 11.7. The summed E-state index contributed by atoms with van der Waals surface area (Å²) in [5.41, 5.74) is 1.17. The first-order valence-electron chi connectivity index (χ1n) is 9.90. The molecule has 8 nitrogen and oxygen atoms in total. The van der Waals surface area contributed by atoms with Crippen LogP contribution in [0.3, 0.4) is 0 Å². The lowest BCUT2D eigenvalue weighted by Crippen LogP contribution is -2.51. The van der Waals surface area contributed by atoms with Crippen LogP contribution >= 0.6 is 0 Å². The van der Waals surface area contributed by atoms with Crippen molar-refractivity contribution in [3.8, 4) is 5.75 Å². The Kier molecular flexibility index (Phi) is 8.44. The third kappa shape index (κ3) is 6.71. The Labute approximate surface area is 183 Å². The van der Waals surface area contributed by atoms with Gasteiger partial charge in [0.1, 0.15) is 18.3 Å². The van der Waals surface area contributed by atoms with Crippen molar-refractivity contribution in [3.05, 3.63) is 60.2 Å². The summed E-state index contributed by atoms with van der Waals surface area (Å²) in [5, 5.41) is 2.72. The summed E-state index contributed by atoms with van der Waals surface area (Å²) >= 11 is 0. The minimum atomic E-state index is -3.75. The van der Waals surface area contributed by atoms with Gasteiger partial charge in [0.15, 0.2) is 0 Å². The number of sulfonamides is 1. The molecule has 0 bridgehead atoms. The number of nitrogens with one attached hydrogen (secondary N) is 1. The Morgan fingerprint density at radius 2 is 1.68 bits per heavy atom. The SMILES string of the molecule is CCNC(=O)[C@H](C)N(Cc1ccccc1)C(=O)CN(c1ccc(OC)cc1)S(C)(=O)=O. The van der Waals surface area contributed by atoms with E-state index in [2.05, 4.69) is 5.32 Å². The number of carbonyl (C=O) groups is 2. The molecule has 0 aliphatic carbocycles. The van der Waals surface area contributed by atoms with Crippen LogP contribution in [0.4, 0.5) is 5.69 Å². The molecule has 0 aliphatic heterocycles. The van der Waals surface area contributed by atoms with Crippen LogP contribution in [-0.2, 0) is 26.2 Å². The van der Waals surface area contributed by atoms with E-state index >= 15 is 0 Å². The van der Waals surface area contributed by atoms with Crippen molar-refractivity contribution in [2.24, 2.45) is 0 Å². The number of likely N-dealkylation sites (N-methyl/N-ethyl adjacent to an activating group) is 1. The lowest BCUT2D eigenvalue weighted by atomic mass is 10.1. The van der Waals surface area contributed by atoms with Crippen molar-refractivity contribution < 1.29 is 22.7 Å². The predicted octanol–water partition coefficient (Wildman–Crippen LogP) is 2.01. The van der Waals surface area contributed by atoms with Crippen LogP contribution in [0.15, 0.2) is 54.6 Å². The van der Waals surface area contributed by atoms with E-state index in [9.17, 15) is 18.0 Å². The average molecular weight is 448 g/mol. The highest BCUT2D eigenvalue weighted by Gasteiger charge is 2.29. The molecule has 0 saturated heterocycles. The maximum atomic E-state index is 13.3. The number of carbonyl (C=O) groups excluding carboxylic acids is 2. The molecule has 1 N–H and O–H groups in total. The Bertz CT molecular complexity index is 978. The molecular weight excluding hydrogens is 418 g/mol. The zero-order valence-electron chi connectivity index (χ0n) is 18.2. The summed E-state index contributed by atoms with van der Waals surface area (Å²) in [6.45, 7) is 3.60. The fourth-order valence-electron chi connectivity index (χ4n) is 3.05. The molecule has 0 saturated carbocycles. The lowest BCUT2D eigenvalue weighted by Gasteiger charge is -2.31. The van der Waals surface area contributed by atoms with Crippen LogP contribution in [0.5, 0.6) is 5.75 Å². The van der Waals surface area contributed by atoms with Crippen LogP contribution < -0.4 is 14.4 Å². The second-order valence-electron chi connectivity index (χ2n) is 7.05. The molecule has 0 aliphatic rings. The Morgan fingerprint density at radius 1 is 1.06 bits per heavy atom. The molecular formula is C22H29N3O5S. The smallest absolute Gasteiger partial charge is 0.244 e. The lowest BCUT2D eigenvalue weighted by molar-refractivity contribution is -0.139. The highest BCUT2D eigenvalue weighted by Crippen LogP contribution is 2.22. The van der Waals surface area contributed by atoms with Gasteiger partial charge < -0.3 is 15.0 Å². The maximum absolute atomic E-state index is 13.3. The second-order valence-corrected chi connectivity index (χ2v) is 8.95. The second kappa shape index (κ2) is 10.8. The van der Waals surface area contributed by atoms with Crippen LogP contribution in [0.25, 0.3) is 0 Å². The van der Waals surface area contributed by atoms with E-state index in [0.29, 0.717) is 18.0 Å². The number of nitrogens with zero attached hydrogens (tertiary/aromatic N) is 2. The highest BCUT2D eigenvalue weighted by molar-refractivity contribution is 7.92. The van der Waals surface area contributed by atoms with Gasteiger partial charge in [0.05, 0.1) is 19.1 Å². The van der Waals surface area contributed by atoms with Crippen molar-refractivity contribution in [3.63, 3.8) is 0 Å². The van der Waals surface area contributed by atoms with E-state index in [1.165, 1.54) is 12.0 Å². The number of rotatable bonds is 10. The van der Waals surface area contributed by atoms with Crippen molar-refractivity contribution in [2.75, 3.05) is 30.8 Å². The van der Waals surface area contributed by atoms with E-state index in [1.807, 2.05) is 30.3 Å². The van der Waals surface area contributed by atoms with E-state index in [0.717, 1.165) is 16.1 Å². The summed E-state index contributed by atoms with van der Waals surface area (Å²) < 4.78 is 31.0. The molecule has 0 unspecified atom stereocenters. The quantitative estimate of drug-likeness (QED) is 0.601. The van der Waals surface area contributed by atoms with Crippen molar-refractivity contribution >= 4 is 27.5 Å². The van der Waals surface area contributed by atoms with E-state index in [-0.39, 0.29) is 12.5 Å². The Morgan fingerprint density at radius 3 is 2.19 bits per heavy atom. The molecule has 0 fully saturated rings. The molecule has 2 rings (SSSR count). The number of hydrogen-bond donors (Lipinski definition) is 1. The molecule has 0 spiro atoms. The average Bonchev–Trinajstić information content (AvgIpc) is 2.75. The Balaban J connectivity index is 2.34. The van der Waals surface area contributed by atoms with Gasteiger partial charge in [-0.15, -0.1) is 0 Å². The predicted molar refractivity (Wildman–Crippen MR) is 120 cm³/mol. The summed E-state index contributed by atoms with van der Waals surface area (Å²) in [4.78, 5) is 27.1. The molecule has 2 aromatic rings. The number of methoxy groups -OCH3 is 1. The number of ether oxygens (including phenoxy) is 1. The zero-order chi connectivity index (χ0) is 23.0. The fraction of sp³-hybridized carbons (Fsp3) is 0.364. The fourth-order valence-corrected chi connectivity index (χ4v) is 3.90. The van der Waals surface area contributed by atoms with Crippen molar-refractivity contribution in [1.82, 2.24) is 10.2 Å². The van der Waals surface area contributed by atoms with Crippen LogP contribution in [0.2, 0.25) is 0 Å². The van der Waals surface area contributed by atoms with E-state index in [1.54, 1.807) is 38.1 Å². The highest BCUT2D eigenvalue weighted by atomic mass is 32.2. The van der Waals surface area contributed by atoms with Gasteiger partial charge in [0.25, 0.3) is 0 Å². The van der Waals surface area contributed by atoms with Gasteiger partial charge in [0.2, 0.25) is 21.8 Å². The summed E-state index contributed by atoms with van der Waals surface area (Å²) in [7, 11) is -2.24. The maximum Gasteiger partial charge on any atom is 0.244 e. The van der Waals surface area contributed by atoms with Crippen LogP contribution in [0.1, 0.15) is 19.4 Å². The third-order valence-corrected chi connectivity index (χ3v) is 5.89. The zero-order valence-corrected chi connectivity index (χ0v) is 19.1. The van der Waals surface area contributed by atoms with Gasteiger partial charge in [-0.05, 0) is 43.7 Å². The standard InChI is InChI=1S/C22H29N3O5S/c1-5-23-22(27)17(2)24(15-18-9-7-6-8-10-18)21(26)16-25(31(4,28)29)19-11-13-20(30-3)14-12-19/h6-14,17H,5,15-16H2,1-4H3,(H,23,27)/t17-/m0/s1. The molecule has 2 aromatic carbocycles. The summed E-state index contributed by atoms with van der Waals surface area (Å²) in [6.07, 6.45) is 1.04. The largest absolute Gasteiger partial charge is 0.497 e. The van der Waals surface area contributed by atoms with E-state index < -0.39 is 28.5 Å². The third-order valence-electron chi connectivity index (χ3n) is 4.75. The number of hydrogen-bond acceptors (Lipinski definition) is 5. The Hall–Kier alpha value is -3.07. The molecule has 168 valence electrons. The summed E-state index contributed by atoms with van der Waals surface area (Å²) in [5.74, 6) is -0.218. The molecule has 0 aromatic heterocycles. The van der Waals surface area contributed by atoms with Crippen molar-refractivity contribution in [1.29, 1.82) is 0 Å². The monoisotopic (exact) mass is 447 g/mol. The molecule has 0 heterocycles. The molecule has 9 heteroatoms. The molecule has 31 heavy (non-hydrogen) atoms. The first kappa shape index (κ1) is 24.2. The molecule has 0 radical (unpaired) electrons. The van der Waals surface area contributed by atoms with Gasteiger partial charge >= 0.3 is 0 Å². The van der Waals surface area contributed by atoms with Crippen molar-refractivity contribution in [2.45, 2.75) is 26.4 Å². The first-order chi connectivity index (χ1) is 14.7. The minimum absolute atomic E-state index is 0.179. The van der Waals surface area contributed by atoms with Gasteiger partial charge in [-0.2, -0.15) is 0 Å². The van der Waals surface area contributed by atoms with Gasteiger partial charge in [0, 0.05) is 13.1 Å². The molecule has 1 atom stereocenters. The van der Waals surface area contributed by atoms with Crippen LogP contribution in [-0.4, -0.2) is 57.6 Å². The topological polar surface area (TPSA) is 96.0 Å². The van der Waals surface area contributed by atoms with Gasteiger partial charge in [-0.25, -0.2) is 8.42 Å². The number of anilines is 1.